The lowest BCUT2D eigenvalue weighted by molar-refractivity contribution is -0.115. The Hall–Kier alpha value is -1.95. The Labute approximate surface area is 198 Å². The molecule has 1 aliphatic rings. The van der Waals surface area contributed by atoms with Crippen LogP contribution in [0.25, 0.3) is 6.08 Å². The molecule has 1 heterocycles. The van der Waals surface area contributed by atoms with Gasteiger partial charge >= 0.3 is 0 Å². The Kier molecular flexibility index (Phi) is 9.31. The average Bonchev–Trinajstić information content (AvgIpc) is 3.10. The molecule has 0 bridgehead atoms. The van der Waals surface area contributed by atoms with Crippen molar-refractivity contribution in [2.75, 3.05) is 6.61 Å². The molecule has 4 nitrogen and oxygen atoms in total. The van der Waals surface area contributed by atoms with Gasteiger partial charge in [-0.1, -0.05) is 80.4 Å². The zero-order valence-corrected chi connectivity index (χ0v) is 19.8. The second-order valence-corrected chi connectivity index (χ2v) is 9.06. The smallest absolute Gasteiger partial charge is 0.264 e. The zero-order chi connectivity index (χ0) is 22.1. The fraction of sp³-hybridized carbons (Fsp3) is 0.333. The van der Waals surface area contributed by atoms with Gasteiger partial charge in [-0.25, -0.2) is 4.99 Å². The number of amidine groups is 1. The van der Waals surface area contributed by atoms with Crippen LogP contribution in [-0.4, -0.2) is 17.7 Å². The average molecular weight is 477 g/mol. The number of amides is 1. The Morgan fingerprint density at radius 1 is 1.03 bits per heavy atom. The van der Waals surface area contributed by atoms with E-state index < -0.39 is 0 Å². The Bertz CT molecular complexity index is 959. The summed E-state index contributed by atoms with van der Waals surface area (Å²) in [6.45, 7) is 2.96. The molecule has 2 aromatic rings. The second-order valence-electron chi connectivity index (χ2n) is 7.24. The van der Waals surface area contributed by atoms with E-state index in [1.165, 1.54) is 43.9 Å². The zero-order valence-electron chi connectivity index (χ0n) is 17.5. The minimum absolute atomic E-state index is 0.190. The maximum absolute atomic E-state index is 12.3. The topological polar surface area (TPSA) is 50.7 Å². The van der Waals surface area contributed by atoms with Crippen molar-refractivity contribution in [3.8, 4) is 5.75 Å². The molecule has 31 heavy (non-hydrogen) atoms. The fourth-order valence-corrected chi connectivity index (χ4v) is 4.23. The highest BCUT2D eigenvalue weighted by molar-refractivity contribution is 8.18. The van der Waals surface area contributed by atoms with Gasteiger partial charge in [0.1, 0.15) is 5.75 Å². The molecule has 3 rings (SSSR count). The number of halogens is 2. The second kappa shape index (κ2) is 12.2. The highest BCUT2D eigenvalue weighted by Crippen LogP contribution is 2.34. The van der Waals surface area contributed by atoms with E-state index in [2.05, 4.69) is 17.2 Å². The van der Waals surface area contributed by atoms with E-state index in [1.807, 2.05) is 30.3 Å². The molecule has 0 radical (unpaired) electrons. The van der Waals surface area contributed by atoms with E-state index >= 15 is 0 Å². The summed E-state index contributed by atoms with van der Waals surface area (Å²) in [4.78, 5) is 17.3. The van der Waals surface area contributed by atoms with Crippen LogP contribution in [0.2, 0.25) is 10.0 Å². The molecule has 1 saturated heterocycles. The summed E-state index contributed by atoms with van der Waals surface area (Å²) >= 11 is 13.5. The number of ether oxygens (including phenoxy) is 1. The summed E-state index contributed by atoms with van der Waals surface area (Å²) in [7, 11) is 0. The highest BCUT2D eigenvalue weighted by Gasteiger charge is 2.24. The van der Waals surface area contributed by atoms with Crippen LogP contribution in [0.5, 0.6) is 5.75 Å². The summed E-state index contributed by atoms with van der Waals surface area (Å²) in [5.41, 5.74) is 1.44. The van der Waals surface area contributed by atoms with Crippen molar-refractivity contribution < 1.29 is 9.53 Å². The normalized spacial score (nSPS) is 16.2. The number of thioether (sulfide) groups is 1. The number of rotatable bonds is 10. The van der Waals surface area contributed by atoms with Gasteiger partial charge in [0.05, 0.1) is 27.2 Å². The van der Waals surface area contributed by atoms with E-state index in [0.29, 0.717) is 25.8 Å². The van der Waals surface area contributed by atoms with Crippen LogP contribution in [-0.2, 0) is 4.79 Å². The minimum atomic E-state index is -0.190. The molecule has 0 atom stereocenters. The van der Waals surface area contributed by atoms with Crippen molar-refractivity contribution in [3.05, 3.63) is 63.0 Å². The number of carbonyl (C=O) groups excluding carboxylic acids is 1. The Morgan fingerprint density at radius 3 is 2.55 bits per heavy atom. The third-order valence-corrected chi connectivity index (χ3v) is 6.47. The summed E-state index contributed by atoms with van der Waals surface area (Å²) in [5.74, 6) is 0.655. The van der Waals surface area contributed by atoms with Gasteiger partial charge in [-0.2, -0.15) is 0 Å². The molecular weight excluding hydrogens is 451 g/mol. The van der Waals surface area contributed by atoms with Gasteiger partial charge in [0, 0.05) is 0 Å². The number of nitrogens with one attached hydrogen (secondary N) is 1. The first kappa shape index (κ1) is 23.7. The first-order valence-corrected chi connectivity index (χ1v) is 12.1. The van der Waals surface area contributed by atoms with Crippen LogP contribution >= 0.6 is 35.0 Å². The lowest BCUT2D eigenvalue weighted by atomic mass is 10.1. The van der Waals surface area contributed by atoms with Crippen LogP contribution in [0.4, 0.5) is 5.69 Å². The SMILES string of the molecule is CCCCCCCCOc1ccc(/C=C2/SC(=Nc3cccc(Cl)c3Cl)NC2=O)cc1. The molecule has 0 spiro atoms. The van der Waals surface area contributed by atoms with Gasteiger partial charge in [0.2, 0.25) is 0 Å². The number of hydrogen-bond donors (Lipinski definition) is 1. The molecule has 0 aromatic heterocycles. The van der Waals surface area contributed by atoms with Crippen LogP contribution in [0, 0.1) is 0 Å². The molecule has 0 saturated carbocycles. The highest BCUT2D eigenvalue weighted by atomic mass is 35.5. The van der Waals surface area contributed by atoms with E-state index in [9.17, 15) is 4.79 Å². The molecular formula is C24H26Cl2N2O2S. The fourth-order valence-electron chi connectivity index (χ4n) is 3.05. The summed E-state index contributed by atoms with van der Waals surface area (Å²) < 4.78 is 5.82. The molecule has 2 aromatic carbocycles. The molecule has 1 aliphatic heterocycles. The lowest BCUT2D eigenvalue weighted by Crippen LogP contribution is -2.19. The molecule has 0 unspecified atom stereocenters. The summed E-state index contributed by atoms with van der Waals surface area (Å²) in [6, 6.07) is 13.0. The van der Waals surface area contributed by atoms with Crippen LogP contribution < -0.4 is 10.1 Å². The third kappa shape index (κ3) is 7.30. The molecule has 1 fully saturated rings. The first-order chi connectivity index (χ1) is 15.1. The quantitative estimate of drug-likeness (QED) is 0.283. The summed E-state index contributed by atoms with van der Waals surface area (Å²) in [5, 5.41) is 4.02. The van der Waals surface area contributed by atoms with Crippen molar-refractivity contribution in [2.24, 2.45) is 4.99 Å². The van der Waals surface area contributed by atoms with Gasteiger partial charge in [-0.3, -0.25) is 4.79 Å². The van der Waals surface area contributed by atoms with Crippen LogP contribution in [0.15, 0.2) is 52.4 Å². The predicted octanol–water partition coefficient (Wildman–Crippen LogP) is 7.62. The number of carbonyl (C=O) groups is 1. The third-order valence-electron chi connectivity index (χ3n) is 4.75. The van der Waals surface area contributed by atoms with Gasteiger partial charge < -0.3 is 10.1 Å². The van der Waals surface area contributed by atoms with Crippen molar-refractivity contribution >= 4 is 57.8 Å². The van der Waals surface area contributed by atoms with Crippen molar-refractivity contribution in [1.82, 2.24) is 5.32 Å². The standard InChI is InChI=1S/C24H26Cl2N2O2S/c1-2-3-4-5-6-7-15-30-18-13-11-17(12-14-18)16-21-23(29)28-24(31-21)27-20-10-8-9-19(25)22(20)26/h8-14,16H,2-7,15H2,1H3,(H,27,28,29)/b21-16+. The first-order valence-electron chi connectivity index (χ1n) is 10.5. The van der Waals surface area contributed by atoms with E-state index in [0.717, 1.165) is 24.3 Å². The van der Waals surface area contributed by atoms with Crippen LogP contribution in [0.1, 0.15) is 51.0 Å². The van der Waals surface area contributed by atoms with Crippen molar-refractivity contribution in [1.29, 1.82) is 0 Å². The van der Waals surface area contributed by atoms with Crippen molar-refractivity contribution in [2.45, 2.75) is 45.4 Å². The Morgan fingerprint density at radius 2 is 1.77 bits per heavy atom. The number of unbranched alkanes of at least 4 members (excludes halogenated alkanes) is 5. The largest absolute Gasteiger partial charge is 0.494 e. The molecule has 164 valence electrons. The lowest BCUT2D eigenvalue weighted by Gasteiger charge is -2.06. The molecule has 1 N–H and O–H groups in total. The van der Waals surface area contributed by atoms with Crippen molar-refractivity contribution in [3.63, 3.8) is 0 Å². The van der Waals surface area contributed by atoms with Crippen LogP contribution in [0.3, 0.4) is 0 Å². The number of nitrogens with zero attached hydrogens (tertiary/aromatic N) is 1. The van der Waals surface area contributed by atoms with Gasteiger partial charge in [-0.05, 0) is 54.1 Å². The van der Waals surface area contributed by atoms with E-state index in [1.54, 1.807) is 18.2 Å². The minimum Gasteiger partial charge on any atom is -0.494 e. The van der Waals surface area contributed by atoms with E-state index in [-0.39, 0.29) is 5.91 Å². The number of hydrogen-bond acceptors (Lipinski definition) is 4. The predicted molar refractivity (Wildman–Crippen MR) is 133 cm³/mol. The number of benzene rings is 2. The van der Waals surface area contributed by atoms with E-state index in [4.69, 9.17) is 27.9 Å². The van der Waals surface area contributed by atoms with Gasteiger partial charge in [0.25, 0.3) is 5.91 Å². The number of aliphatic imine (C=N–C) groups is 1. The summed E-state index contributed by atoms with van der Waals surface area (Å²) in [6.07, 6.45) is 9.28. The molecule has 7 heteroatoms. The van der Waals surface area contributed by atoms with Gasteiger partial charge in [0.15, 0.2) is 5.17 Å². The van der Waals surface area contributed by atoms with Gasteiger partial charge in [-0.15, -0.1) is 0 Å². The monoisotopic (exact) mass is 476 g/mol. The Balaban J connectivity index is 1.54. The maximum Gasteiger partial charge on any atom is 0.264 e. The molecule has 0 aliphatic carbocycles. The molecule has 1 amide bonds. The maximum atomic E-state index is 12.3.